The number of hydrogen-bond acceptors (Lipinski definition) is 9. The number of imidazole rings is 1. The van der Waals surface area contributed by atoms with Crippen LogP contribution in [0, 0.1) is 0 Å². The number of nitrogens with one attached hydrogen (secondary N) is 2. The Balaban J connectivity index is 1.31. The highest BCUT2D eigenvalue weighted by molar-refractivity contribution is 6.36. The molecule has 214 valence electrons. The molecule has 0 spiro atoms. The molecule has 1 aromatic carbocycles. The van der Waals surface area contributed by atoms with Crippen LogP contribution in [0.1, 0.15) is 11.1 Å². The molecule has 0 amide bonds. The van der Waals surface area contributed by atoms with Crippen LogP contribution < -0.4 is 15.4 Å². The number of aryl methyl sites for hydroxylation is 1. The summed E-state index contributed by atoms with van der Waals surface area (Å²) in [5.41, 5.74) is 1.34. The van der Waals surface area contributed by atoms with Crippen LogP contribution in [0.15, 0.2) is 43.0 Å². The largest absolute Gasteiger partial charge is 0.450 e. The van der Waals surface area contributed by atoms with Gasteiger partial charge in [-0.15, -0.1) is 0 Å². The lowest BCUT2D eigenvalue weighted by atomic mass is 10.1. The molecular formula is C26H25ClF3N9O2. The average molecular weight is 588 g/mol. The van der Waals surface area contributed by atoms with E-state index < -0.39 is 11.7 Å². The van der Waals surface area contributed by atoms with Gasteiger partial charge in [-0.05, 0) is 23.8 Å². The number of halogens is 4. The number of nitrogens with zero attached hydrogens (tertiary/aromatic N) is 7. The summed E-state index contributed by atoms with van der Waals surface area (Å²) in [5.74, 6) is 1.48. The molecule has 0 atom stereocenters. The molecule has 5 aromatic rings. The van der Waals surface area contributed by atoms with Crippen LogP contribution in [0.2, 0.25) is 5.02 Å². The Labute approximate surface area is 236 Å². The van der Waals surface area contributed by atoms with Gasteiger partial charge in [0.2, 0.25) is 5.95 Å². The number of likely N-dealkylation sites (tertiary alicyclic amines) is 1. The van der Waals surface area contributed by atoms with Crippen LogP contribution in [0.4, 0.5) is 30.6 Å². The minimum Gasteiger partial charge on any atom is -0.450 e. The van der Waals surface area contributed by atoms with Gasteiger partial charge in [-0.2, -0.15) is 23.3 Å². The molecular weight excluding hydrogens is 563 g/mol. The van der Waals surface area contributed by atoms with E-state index in [1.165, 1.54) is 12.4 Å². The average Bonchev–Trinajstić information content (AvgIpc) is 3.47. The Bertz CT molecular complexity index is 1750. The SMILES string of the molecule is CNc1nccn2ncc(Oc3cnc4nc(Nc5cc(CN6CC(OC)C6)cc(C(F)(F)F)c5)n(C)c4c3Cl)c12. The minimum atomic E-state index is -4.51. The van der Waals surface area contributed by atoms with Gasteiger partial charge in [0, 0.05) is 58.9 Å². The van der Waals surface area contributed by atoms with Crippen LogP contribution in [-0.4, -0.2) is 67.4 Å². The molecule has 0 aliphatic carbocycles. The fourth-order valence-electron chi connectivity index (χ4n) is 4.80. The predicted octanol–water partition coefficient (Wildman–Crippen LogP) is 5.09. The molecule has 0 saturated carbocycles. The van der Waals surface area contributed by atoms with Crippen molar-refractivity contribution in [3.05, 3.63) is 59.1 Å². The number of rotatable bonds is 8. The van der Waals surface area contributed by atoms with Gasteiger partial charge in [0.15, 0.2) is 28.5 Å². The van der Waals surface area contributed by atoms with E-state index in [1.54, 1.807) is 48.7 Å². The number of pyridine rings is 1. The monoisotopic (exact) mass is 587 g/mol. The number of alkyl halides is 3. The molecule has 11 nitrogen and oxygen atoms in total. The Hall–Kier alpha value is -4.14. The van der Waals surface area contributed by atoms with Crippen LogP contribution in [0.5, 0.6) is 11.5 Å². The summed E-state index contributed by atoms with van der Waals surface area (Å²) in [6, 6.07) is 3.90. The summed E-state index contributed by atoms with van der Waals surface area (Å²) in [6.07, 6.45) is 1.85. The second-order valence-corrected chi connectivity index (χ2v) is 10.0. The lowest BCUT2D eigenvalue weighted by Crippen LogP contribution is -2.50. The standard InChI is InChI=1S/C26H25ClF3N9O2/c1-31-23-21-19(10-34-39(21)5-4-32-23)41-18-9-33-24-22(20(18)27)37(2)25(36-24)35-16-7-14(6-15(8-16)26(28,29)30)11-38-12-17(13-38)40-3/h4-10,17H,11-13H2,1-3H3,(H,31,32)(H,33,35,36). The summed E-state index contributed by atoms with van der Waals surface area (Å²) >= 11 is 6.74. The molecule has 41 heavy (non-hydrogen) atoms. The maximum Gasteiger partial charge on any atom is 0.416 e. The van der Waals surface area contributed by atoms with Gasteiger partial charge in [-0.25, -0.2) is 14.5 Å². The second kappa shape index (κ2) is 10.4. The van der Waals surface area contributed by atoms with Crippen molar-refractivity contribution >= 4 is 45.7 Å². The van der Waals surface area contributed by atoms with Crippen LogP contribution in [0.25, 0.3) is 16.7 Å². The highest BCUT2D eigenvalue weighted by Gasteiger charge is 2.32. The molecule has 0 bridgehead atoms. The third-order valence-electron chi connectivity index (χ3n) is 6.90. The van der Waals surface area contributed by atoms with E-state index in [-0.39, 0.29) is 28.5 Å². The van der Waals surface area contributed by atoms with Gasteiger partial charge >= 0.3 is 6.18 Å². The van der Waals surface area contributed by atoms with Gasteiger partial charge in [0.1, 0.15) is 10.5 Å². The Morgan fingerprint density at radius 2 is 1.90 bits per heavy atom. The van der Waals surface area contributed by atoms with E-state index in [1.807, 2.05) is 4.90 Å². The first-order valence-corrected chi connectivity index (χ1v) is 12.9. The molecule has 1 aliphatic rings. The maximum absolute atomic E-state index is 13.7. The first-order valence-electron chi connectivity index (χ1n) is 12.6. The number of hydrogen-bond donors (Lipinski definition) is 2. The van der Waals surface area contributed by atoms with Crippen molar-refractivity contribution in [2.45, 2.75) is 18.8 Å². The quantitative estimate of drug-likeness (QED) is 0.257. The van der Waals surface area contributed by atoms with Crippen molar-refractivity contribution in [2.75, 3.05) is 37.9 Å². The van der Waals surface area contributed by atoms with Gasteiger partial charge < -0.3 is 24.7 Å². The highest BCUT2D eigenvalue weighted by atomic mass is 35.5. The number of methoxy groups -OCH3 is 1. The first kappa shape index (κ1) is 27.1. The molecule has 2 N–H and O–H groups in total. The van der Waals surface area contributed by atoms with Crippen molar-refractivity contribution < 1.29 is 22.6 Å². The van der Waals surface area contributed by atoms with Crippen molar-refractivity contribution in [2.24, 2.45) is 7.05 Å². The molecule has 1 aliphatic heterocycles. The highest BCUT2D eigenvalue weighted by Crippen LogP contribution is 2.38. The second-order valence-electron chi connectivity index (χ2n) is 9.63. The maximum atomic E-state index is 13.7. The van der Waals surface area contributed by atoms with Gasteiger partial charge in [-0.1, -0.05) is 11.6 Å². The van der Waals surface area contributed by atoms with Crippen molar-refractivity contribution in [3.8, 4) is 11.5 Å². The zero-order valence-corrected chi connectivity index (χ0v) is 23.0. The summed E-state index contributed by atoms with van der Waals surface area (Å²) in [5, 5.41) is 10.5. The Kier molecular flexibility index (Phi) is 6.83. The van der Waals surface area contributed by atoms with E-state index >= 15 is 0 Å². The minimum absolute atomic E-state index is 0.0967. The molecule has 4 aromatic heterocycles. The van der Waals surface area contributed by atoms with E-state index in [2.05, 4.69) is 30.7 Å². The zero-order chi connectivity index (χ0) is 28.9. The van der Waals surface area contributed by atoms with Crippen molar-refractivity contribution in [1.29, 1.82) is 0 Å². The van der Waals surface area contributed by atoms with Crippen molar-refractivity contribution in [3.63, 3.8) is 0 Å². The Morgan fingerprint density at radius 1 is 1.10 bits per heavy atom. The fraction of sp³-hybridized carbons (Fsp3) is 0.308. The van der Waals surface area contributed by atoms with E-state index in [0.29, 0.717) is 53.4 Å². The lowest BCUT2D eigenvalue weighted by molar-refractivity contribution is -0.137. The zero-order valence-electron chi connectivity index (χ0n) is 22.2. The predicted molar refractivity (Wildman–Crippen MR) is 147 cm³/mol. The summed E-state index contributed by atoms with van der Waals surface area (Å²) in [7, 11) is 5.05. The molecule has 0 unspecified atom stereocenters. The molecule has 5 heterocycles. The van der Waals surface area contributed by atoms with Crippen LogP contribution in [-0.2, 0) is 24.5 Å². The third kappa shape index (κ3) is 5.09. The number of benzene rings is 1. The summed E-state index contributed by atoms with van der Waals surface area (Å²) < 4.78 is 55.8. The number of aromatic nitrogens is 6. The number of ether oxygens (including phenoxy) is 2. The van der Waals surface area contributed by atoms with Gasteiger partial charge in [-0.3, -0.25) is 4.90 Å². The van der Waals surface area contributed by atoms with Gasteiger partial charge in [0.25, 0.3) is 0 Å². The summed E-state index contributed by atoms with van der Waals surface area (Å²) in [4.78, 5) is 15.2. The van der Waals surface area contributed by atoms with E-state index in [9.17, 15) is 13.2 Å². The lowest BCUT2D eigenvalue weighted by Gasteiger charge is -2.38. The topological polar surface area (TPSA) is 107 Å². The molecule has 15 heteroatoms. The molecule has 1 saturated heterocycles. The van der Waals surface area contributed by atoms with Gasteiger partial charge in [0.05, 0.1) is 24.1 Å². The summed E-state index contributed by atoms with van der Waals surface area (Å²) in [6.45, 7) is 1.69. The van der Waals surface area contributed by atoms with E-state index in [4.69, 9.17) is 21.1 Å². The number of anilines is 3. The normalized spacial score (nSPS) is 14.5. The van der Waals surface area contributed by atoms with Crippen molar-refractivity contribution in [1.82, 2.24) is 34.0 Å². The smallest absolute Gasteiger partial charge is 0.416 e. The molecule has 1 fully saturated rings. The molecule has 0 radical (unpaired) electrons. The van der Waals surface area contributed by atoms with Crippen LogP contribution >= 0.6 is 11.6 Å². The number of fused-ring (bicyclic) bond motifs is 2. The first-order chi connectivity index (χ1) is 19.6. The molecule has 6 rings (SSSR count). The third-order valence-corrected chi connectivity index (χ3v) is 7.26. The fourth-order valence-corrected chi connectivity index (χ4v) is 5.09. The van der Waals surface area contributed by atoms with E-state index in [0.717, 1.165) is 12.1 Å². The Morgan fingerprint density at radius 3 is 2.63 bits per heavy atom. The van der Waals surface area contributed by atoms with Crippen LogP contribution in [0.3, 0.4) is 0 Å².